The number of hydrogen-bond acceptors (Lipinski definition) is 4. The van der Waals surface area contributed by atoms with Gasteiger partial charge in [-0.15, -0.1) is 0 Å². The first-order chi connectivity index (χ1) is 11.1. The quantitative estimate of drug-likeness (QED) is 0.817. The summed E-state index contributed by atoms with van der Waals surface area (Å²) in [6, 6.07) is 10.4. The third kappa shape index (κ3) is 2.32. The maximum absolute atomic E-state index is 12.6. The minimum atomic E-state index is -0.719. The molecule has 2 aromatic carbocycles. The van der Waals surface area contributed by atoms with Crippen molar-refractivity contribution < 1.29 is 19.2 Å². The van der Waals surface area contributed by atoms with E-state index in [0.29, 0.717) is 34.7 Å². The number of hydroxylamine groups is 2. The fraction of sp³-hybridized carbons (Fsp3) is 0.235. The van der Waals surface area contributed by atoms with Crippen molar-refractivity contribution in [1.29, 1.82) is 0 Å². The highest BCUT2D eigenvalue weighted by molar-refractivity contribution is 6.25. The van der Waals surface area contributed by atoms with Gasteiger partial charge in [-0.25, -0.2) is 4.79 Å². The Morgan fingerprint density at radius 3 is 2.00 bits per heavy atom. The Bertz CT molecular complexity index is 761. The van der Waals surface area contributed by atoms with Crippen LogP contribution in [0.2, 0.25) is 0 Å². The minimum absolute atomic E-state index is 0.352. The average molecular weight is 312 g/mol. The normalized spacial score (nSPS) is 13.4. The number of rotatable bonds is 3. The van der Waals surface area contributed by atoms with Crippen molar-refractivity contribution in [2.24, 2.45) is 0 Å². The summed E-state index contributed by atoms with van der Waals surface area (Å²) in [5, 5.41) is 1.95. The Labute approximate surface area is 133 Å². The molecular weight excluding hydrogens is 296 g/mol. The summed E-state index contributed by atoms with van der Waals surface area (Å²) in [5.74, 6) is -1.25. The molecule has 0 radical (unpaired) electrons. The predicted octanol–water partition coefficient (Wildman–Crippen LogP) is 2.83. The highest BCUT2D eigenvalue weighted by atomic mass is 16.7. The van der Waals surface area contributed by atoms with Gasteiger partial charge in [-0.05, 0) is 31.4 Å². The molecule has 0 N–H and O–H groups in total. The SMILES string of the molecule is CCN(CC)C(=O)ON1C(=O)c2cccc3cccc(c23)C1=O. The van der Waals surface area contributed by atoms with Crippen molar-refractivity contribution >= 4 is 28.7 Å². The lowest BCUT2D eigenvalue weighted by molar-refractivity contribution is -0.0604. The largest absolute Gasteiger partial charge is 0.434 e. The summed E-state index contributed by atoms with van der Waals surface area (Å²) in [5.41, 5.74) is 0.704. The molecule has 3 amide bonds. The zero-order chi connectivity index (χ0) is 16.6. The number of imide groups is 1. The summed E-state index contributed by atoms with van der Waals surface area (Å²) in [6.07, 6.45) is -0.719. The number of carbonyl (C=O) groups excluding carboxylic acids is 3. The molecule has 6 heteroatoms. The van der Waals surface area contributed by atoms with Gasteiger partial charge in [0, 0.05) is 18.5 Å². The Balaban J connectivity index is 2.02. The summed E-state index contributed by atoms with van der Waals surface area (Å²) in [7, 11) is 0. The molecule has 0 aromatic heterocycles. The molecule has 23 heavy (non-hydrogen) atoms. The van der Waals surface area contributed by atoms with E-state index in [1.165, 1.54) is 4.90 Å². The summed E-state index contributed by atoms with van der Waals surface area (Å²) >= 11 is 0. The molecule has 2 aromatic rings. The van der Waals surface area contributed by atoms with Gasteiger partial charge in [0.25, 0.3) is 11.8 Å². The number of benzene rings is 2. The van der Waals surface area contributed by atoms with Gasteiger partial charge < -0.3 is 9.74 Å². The lowest BCUT2D eigenvalue weighted by Gasteiger charge is -2.27. The second kappa shape index (κ2) is 5.72. The molecule has 0 atom stereocenters. The van der Waals surface area contributed by atoms with Gasteiger partial charge in [0.2, 0.25) is 0 Å². The van der Waals surface area contributed by atoms with Crippen molar-refractivity contribution in [3.8, 4) is 0 Å². The Hall–Kier alpha value is -2.89. The van der Waals surface area contributed by atoms with Crippen molar-refractivity contribution in [2.75, 3.05) is 13.1 Å². The van der Waals surface area contributed by atoms with Crippen molar-refractivity contribution in [2.45, 2.75) is 13.8 Å². The zero-order valence-corrected chi connectivity index (χ0v) is 12.9. The van der Waals surface area contributed by atoms with Crippen molar-refractivity contribution in [1.82, 2.24) is 9.96 Å². The van der Waals surface area contributed by atoms with Gasteiger partial charge >= 0.3 is 6.09 Å². The highest BCUT2D eigenvalue weighted by Crippen LogP contribution is 2.30. The minimum Gasteiger partial charge on any atom is -0.310 e. The van der Waals surface area contributed by atoms with Crippen LogP contribution >= 0.6 is 0 Å². The highest BCUT2D eigenvalue weighted by Gasteiger charge is 2.36. The summed E-state index contributed by atoms with van der Waals surface area (Å²) < 4.78 is 0. The zero-order valence-electron chi connectivity index (χ0n) is 12.9. The van der Waals surface area contributed by atoms with E-state index in [4.69, 9.17) is 4.84 Å². The van der Waals surface area contributed by atoms with Crippen LogP contribution in [0.5, 0.6) is 0 Å². The third-order valence-corrected chi connectivity index (χ3v) is 3.93. The van der Waals surface area contributed by atoms with E-state index in [1.807, 2.05) is 12.1 Å². The van der Waals surface area contributed by atoms with Gasteiger partial charge in [0.1, 0.15) is 0 Å². The van der Waals surface area contributed by atoms with Crippen LogP contribution in [0.3, 0.4) is 0 Å². The lowest BCUT2D eigenvalue weighted by Crippen LogP contribution is -2.45. The molecule has 3 rings (SSSR count). The predicted molar refractivity (Wildman–Crippen MR) is 83.9 cm³/mol. The molecule has 0 saturated carbocycles. The lowest BCUT2D eigenvalue weighted by atomic mass is 9.95. The average Bonchev–Trinajstić information content (AvgIpc) is 2.57. The standard InChI is InChI=1S/C17H16N2O4/c1-3-18(4-2)17(22)23-19-15(20)12-9-5-7-11-8-6-10-13(14(11)12)16(19)21/h5-10H,3-4H2,1-2H3. The molecule has 0 saturated heterocycles. The van der Waals surface area contributed by atoms with Crippen LogP contribution in [-0.2, 0) is 4.84 Å². The van der Waals surface area contributed by atoms with E-state index in [9.17, 15) is 14.4 Å². The molecule has 0 aliphatic carbocycles. The molecule has 0 fully saturated rings. The van der Waals surface area contributed by atoms with E-state index in [0.717, 1.165) is 5.39 Å². The van der Waals surface area contributed by atoms with Crippen LogP contribution in [0.4, 0.5) is 4.79 Å². The van der Waals surface area contributed by atoms with Crippen molar-refractivity contribution in [3.63, 3.8) is 0 Å². The third-order valence-electron chi connectivity index (χ3n) is 3.93. The number of nitrogens with zero attached hydrogens (tertiary/aromatic N) is 2. The van der Waals surface area contributed by atoms with Crippen LogP contribution < -0.4 is 0 Å². The molecular formula is C17H16N2O4. The smallest absolute Gasteiger partial charge is 0.310 e. The molecule has 1 heterocycles. The molecule has 6 nitrogen and oxygen atoms in total. The van der Waals surface area contributed by atoms with E-state index < -0.39 is 17.9 Å². The monoisotopic (exact) mass is 312 g/mol. The van der Waals surface area contributed by atoms with Gasteiger partial charge in [-0.3, -0.25) is 9.59 Å². The Morgan fingerprint density at radius 2 is 1.52 bits per heavy atom. The van der Waals surface area contributed by atoms with Crippen LogP contribution in [-0.4, -0.2) is 41.0 Å². The Morgan fingerprint density at radius 1 is 1.00 bits per heavy atom. The van der Waals surface area contributed by atoms with Gasteiger partial charge in [0.05, 0.1) is 11.1 Å². The van der Waals surface area contributed by atoms with Crippen LogP contribution in [0.15, 0.2) is 36.4 Å². The first-order valence-corrected chi connectivity index (χ1v) is 7.45. The maximum atomic E-state index is 12.6. The fourth-order valence-electron chi connectivity index (χ4n) is 2.71. The molecule has 1 aliphatic rings. The van der Waals surface area contributed by atoms with Gasteiger partial charge in [-0.1, -0.05) is 29.3 Å². The molecule has 118 valence electrons. The van der Waals surface area contributed by atoms with E-state index in [1.54, 1.807) is 38.1 Å². The second-order valence-corrected chi connectivity index (χ2v) is 5.14. The van der Waals surface area contributed by atoms with Crippen LogP contribution in [0.1, 0.15) is 34.6 Å². The summed E-state index contributed by atoms with van der Waals surface area (Å²) in [4.78, 5) is 43.7. The van der Waals surface area contributed by atoms with E-state index >= 15 is 0 Å². The summed E-state index contributed by atoms with van der Waals surface area (Å²) in [6.45, 7) is 4.44. The van der Waals surface area contributed by atoms with Gasteiger partial charge in [-0.2, -0.15) is 0 Å². The molecule has 0 spiro atoms. The van der Waals surface area contributed by atoms with Crippen LogP contribution in [0.25, 0.3) is 10.8 Å². The molecule has 1 aliphatic heterocycles. The fourth-order valence-corrected chi connectivity index (χ4v) is 2.71. The van der Waals surface area contributed by atoms with E-state index in [-0.39, 0.29) is 0 Å². The Kier molecular flexibility index (Phi) is 3.73. The number of carbonyl (C=O) groups is 3. The number of hydrogen-bond donors (Lipinski definition) is 0. The number of amides is 3. The second-order valence-electron chi connectivity index (χ2n) is 5.14. The van der Waals surface area contributed by atoms with Crippen LogP contribution in [0, 0.1) is 0 Å². The molecule has 0 unspecified atom stereocenters. The van der Waals surface area contributed by atoms with Gasteiger partial charge in [0.15, 0.2) is 0 Å². The molecule has 0 bridgehead atoms. The first-order valence-electron chi connectivity index (χ1n) is 7.45. The maximum Gasteiger partial charge on any atom is 0.434 e. The first kappa shape index (κ1) is 15.0. The van der Waals surface area contributed by atoms with E-state index in [2.05, 4.69) is 0 Å². The van der Waals surface area contributed by atoms with Crippen molar-refractivity contribution in [3.05, 3.63) is 47.5 Å². The topological polar surface area (TPSA) is 66.9 Å².